The van der Waals surface area contributed by atoms with Crippen LogP contribution in [0.4, 0.5) is 5.82 Å². The molecule has 0 spiro atoms. The van der Waals surface area contributed by atoms with Gasteiger partial charge in [0.2, 0.25) is 0 Å². The van der Waals surface area contributed by atoms with Crippen molar-refractivity contribution in [2.45, 2.75) is 39.8 Å². The number of ether oxygens (including phenoxy) is 2. The number of hydrogen-bond donors (Lipinski definition) is 1. The van der Waals surface area contributed by atoms with E-state index in [1.165, 1.54) is 23.8 Å². The highest BCUT2D eigenvalue weighted by Crippen LogP contribution is 2.44. The maximum absolute atomic E-state index is 6.44. The maximum Gasteiger partial charge on any atom is 0.152 e. The standard InChI is InChI=1S/C24H29N5O2S/c1-4-31-13-17-18(12-28-7-5-6-8-28)29-22(24(25)26-14-27-29)21(17)20-11-16-9-15(2)10-19(30-3)23(16)32-20/h9-11,14H,4-8,12-13H2,1-3H3,(H2,25,26,27). The first-order valence-electron chi connectivity index (χ1n) is 11.1. The van der Waals surface area contributed by atoms with Gasteiger partial charge in [-0.1, -0.05) is 6.07 Å². The molecule has 32 heavy (non-hydrogen) atoms. The number of hydrogen-bond acceptors (Lipinski definition) is 7. The van der Waals surface area contributed by atoms with Crippen molar-refractivity contribution in [3.8, 4) is 16.2 Å². The molecule has 1 saturated heterocycles. The molecule has 0 radical (unpaired) electrons. The normalized spacial score (nSPS) is 14.7. The number of likely N-dealkylation sites (tertiary alicyclic amines) is 1. The van der Waals surface area contributed by atoms with Gasteiger partial charge in [0.25, 0.3) is 0 Å². The third kappa shape index (κ3) is 3.62. The number of fused-ring (bicyclic) bond motifs is 2. The Hall–Kier alpha value is -2.68. The van der Waals surface area contributed by atoms with Crippen LogP contribution in [0.1, 0.15) is 36.6 Å². The number of aryl methyl sites for hydroxylation is 1. The second-order valence-corrected chi connectivity index (χ2v) is 9.37. The van der Waals surface area contributed by atoms with Crippen molar-refractivity contribution in [3.05, 3.63) is 41.3 Å². The van der Waals surface area contributed by atoms with E-state index in [0.717, 1.165) is 57.3 Å². The van der Waals surface area contributed by atoms with Gasteiger partial charge in [0.05, 0.1) is 24.1 Å². The van der Waals surface area contributed by atoms with Crippen molar-refractivity contribution >= 4 is 32.8 Å². The van der Waals surface area contributed by atoms with E-state index in [1.54, 1.807) is 24.8 Å². The molecule has 4 heterocycles. The number of nitrogen functional groups attached to an aromatic ring is 1. The van der Waals surface area contributed by atoms with Gasteiger partial charge in [0, 0.05) is 29.2 Å². The lowest BCUT2D eigenvalue weighted by molar-refractivity contribution is 0.133. The van der Waals surface area contributed by atoms with Gasteiger partial charge >= 0.3 is 0 Å². The molecule has 7 nitrogen and oxygen atoms in total. The minimum absolute atomic E-state index is 0.487. The monoisotopic (exact) mass is 451 g/mol. The van der Waals surface area contributed by atoms with E-state index in [-0.39, 0.29) is 0 Å². The molecule has 0 saturated carbocycles. The first kappa shape index (κ1) is 21.2. The molecular weight excluding hydrogens is 422 g/mol. The Morgan fingerprint density at radius 3 is 2.75 bits per heavy atom. The van der Waals surface area contributed by atoms with Crippen LogP contribution >= 0.6 is 11.3 Å². The molecule has 8 heteroatoms. The molecular formula is C24H29N5O2S. The number of nitrogens with two attached hydrogens (primary N) is 1. The molecule has 3 aromatic heterocycles. The molecule has 0 amide bonds. The van der Waals surface area contributed by atoms with E-state index < -0.39 is 0 Å². The fraction of sp³-hybridized carbons (Fsp3) is 0.417. The summed E-state index contributed by atoms with van der Waals surface area (Å²) < 4.78 is 14.7. The van der Waals surface area contributed by atoms with E-state index in [9.17, 15) is 0 Å². The predicted molar refractivity (Wildman–Crippen MR) is 129 cm³/mol. The molecule has 2 N–H and O–H groups in total. The van der Waals surface area contributed by atoms with Crippen molar-refractivity contribution in [1.82, 2.24) is 19.5 Å². The van der Waals surface area contributed by atoms with Crippen molar-refractivity contribution in [1.29, 1.82) is 0 Å². The van der Waals surface area contributed by atoms with Crippen molar-refractivity contribution in [2.24, 2.45) is 0 Å². The Kier molecular flexibility index (Phi) is 5.75. The van der Waals surface area contributed by atoms with Gasteiger partial charge < -0.3 is 15.2 Å². The molecule has 1 aliphatic heterocycles. The summed E-state index contributed by atoms with van der Waals surface area (Å²) in [6.45, 7) is 8.32. The number of rotatable bonds is 7. The summed E-state index contributed by atoms with van der Waals surface area (Å²) >= 11 is 1.72. The summed E-state index contributed by atoms with van der Waals surface area (Å²) in [7, 11) is 1.72. The van der Waals surface area contributed by atoms with Crippen LogP contribution in [0.3, 0.4) is 0 Å². The van der Waals surface area contributed by atoms with E-state index >= 15 is 0 Å². The van der Waals surface area contributed by atoms with Gasteiger partial charge in [-0.05, 0) is 62.9 Å². The first-order valence-corrected chi connectivity index (χ1v) is 11.9. The Morgan fingerprint density at radius 1 is 1.19 bits per heavy atom. The second-order valence-electron chi connectivity index (χ2n) is 8.32. The van der Waals surface area contributed by atoms with Gasteiger partial charge in [-0.15, -0.1) is 11.3 Å². The molecule has 1 fully saturated rings. The van der Waals surface area contributed by atoms with E-state index in [4.69, 9.17) is 15.2 Å². The van der Waals surface area contributed by atoms with Crippen LogP contribution < -0.4 is 10.5 Å². The van der Waals surface area contributed by atoms with E-state index in [2.05, 4.69) is 40.1 Å². The van der Waals surface area contributed by atoms with E-state index in [1.807, 2.05) is 11.4 Å². The lowest BCUT2D eigenvalue weighted by Gasteiger charge is -2.16. The van der Waals surface area contributed by atoms with Crippen LogP contribution in [0, 0.1) is 6.92 Å². The number of thiophene rings is 1. The molecule has 4 aromatic rings. The van der Waals surface area contributed by atoms with Crippen LogP contribution in [0.2, 0.25) is 0 Å². The molecule has 0 bridgehead atoms. The summed E-state index contributed by atoms with van der Waals surface area (Å²) in [6.07, 6.45) is 4.02. The highest BCUT2D eigenvalue weighted by Gasteiger charge is 2.26. The number of methoxy groups -OCH3 is 1. The highest BCUT2D eigenvalue weighted by atomic mass is 32.1. The summed E-state index contributed by atoms with van der Waals surface area (Å²) in [4.78, 5) is 7.95. The predicted octanol–water partition coefficient (Wildman–Crippen LogP) is 4.64. The Balaban J connectivity index is 1.77. The summed E-state index contributed by atoms with van der Waals surface area (Å²) in [5, 5.41) is 5.79. The fourth-order valence-electron chi connectivity index (χ4n) is 4.70. The summed E-state index contributed by atoms with van der Waals surface area (Å²) in [5.74, 6) is 1.38. The van der Waals surface area contributed by atoms with Crippen LogP contribution in [-0.4, -0.2) is 46.3 Å². The average Bonchev–Trinajstić information content (AvgIpc) is 3.50. The highest BCUT2D eigenvalue weighted by molar-refractivity contribution is 7.22. The average molecular weight is 452 g/mol. The van der Waals surface area contributed by atoms with Gasteiger partial charge in [-0.25, -0.2) is 9.50 Å². The fourth-order valence-corrected chi connectivity index (χ4v) is 5.91. The zero-order valence-electron chi connectivity index (χ0n) is 18.9. The van der Waals surface area contributed by atoms with Gasteiger partial charge in [0.1, 0.15) is 17.6 Å². The van der Waals surface area contributed by atoms with Crippen molar-refractivity contribution < 1.29 is 9.47 Å². The molecule has 5 rings (SSSR count). The molecule has 0 unspecified atom stereocenters. The Labute approximate surface area is 191 Å². The lowest BCUT2D eigenvalue weighted by atomic mass is 10.1. The quantitative estimate of drug-likeness (QED) is 0.441. The van der Waals surface area contributed by atoms with Gasteiger partial charge in [-0.2, -0.15) is 5.10 Å². The Bertz CT molecular complexity index is 1270. The minimum Gasteiger partial charge on any atom is -0.495 e. The van der Waals surface area contributed by atoms with Crippen molar-refractivity contribution in [2.75, 3.05) is 32.5 Å². The molecule has 1 aromatic carbocycles. The van der Waals surface area contributed by atoms with Crippen molar-refractivity contribution in [3.63, 3.8) is 0 Å². The zero-order chi connectivity index (χ0) is 22.2. The topological polar surface area (TPSA) is 77.9 Å². The zero-order valence-corrected chi connectivity index (χ0v) is 19.7. The van der Waals surface area contributed by atoms with Crippen LogP contribution in [0.15, 0.2) is 24.5 Å². The minimum atomic E-state index is 0.487. The van der Waals surface area contributed by atoms with Crippen LogP contribution in [0.5, 0.6) is 5.75 Å². The maximum atomic E-state index is 6.44. The first-order chi connectivity index (χ1) is 15.6. The second kappa shape index (κ2) is 8.69. The molecule has 0 atom stereocenters. The largest absolute Gasteiger partial charge is 0.495 e. The number of nitrogens with zero attached hydrogens (tertiary/aromatic N) is 4. The SMILES string of the molecule is CCOCc1c(-c2cc3cc(C)cc(OC)c3s2)c2c(N)ncnn2c1CN1CCCC1. The third-order valence-electron chi connectivity index (χ3n) is 6.18. The molecule has 168 valence electrons. The number of aromatic nitrogens is 3. The lowest BCUT2D eigenvalue weighted by Crippen LogP contribution is -2.21. The smallest absolute Gasteiger partial charge is 0.152 e. The third-order valence-corrected chi connectivity index (χ3v) is 7.36. The van der Waals surface area contributed by atoms with E-state index in [0.29, 0.717) is 19.0 Å². The molecule has 0 aliphatic carbocycles. The number of anilines is 1. The number of benzene rings is 1. The molecule has 1 aliphatic rings. The van der Waals surface area contributed by atoms with Gasteiger partial charge in [0.15, 0.2) is 5.82 Å². The van der Waals surface area contributed by atoms with Gasteiger partial charge in [-0.3, -0.25) is 4.90 Å². The van der Waals surface area contributed by atoms with Crippen LogP contribution in [-0.2, 0) is 17.9 Å². The van der Waals surface area contributed by atoms with Crippen LogP contribution in [0.25, 0.3) is 26.0 Å². The summed E-state index contributed by atoms with van der Waals surface area (Å²) in [6, 6.07) is 6.51. The Morgan fingerprint density at radius 2 is 2.00 bits per heavy atom. The summed E-state index contributed by atoms with van der Waals surface area (Å²) in [5.41, 5.74) is 11.8.